The molecule has 0 spiro atoms. The van der Waals surface area contributed by atoms with Crippen molar-refractivity contribution in [2.24, 2.45) is 11.7 Å². The molecule has 0 bridgehead atoms. The van der Waals surface area contributed by atoms with Gasteiger partial charge in [0.2, 0.25) is 5.91 Å². The third-order valence-electron chi connectivity index (χ3n) is 10.4. The van der Waals surface area contributed by atoms with E-state index >= 15 is 0 Å². The summed E-state index contributed by atoms with van der Waals surface area (Å²) in [5.74, 6) is 0.572. The molecule has 2 aliphatic heterocycles. The first-order valence-electron chi connectivity index (χ1n) is 16.9. The molecule has 4 atom stereocenters. The standard InChI is InChI=1S/C37H47N7O3/c1-23-19-32(24(2)18-31(23)35(38)45)37(47)41-29-20-27-6-5-13-44(33(27)21-29)34-12-9-28(22-39-34)36(46)40-25(3)26-7-10-30(11-8-26)43-16-14-42(4)15-17-43/h7-12,18-19,22,25,27,29,33H,5-6,13-17,20-21H2,1-4H3,(H2,38,45)(H,40,46)(H,41,47)/t25-,27?,29?,33?/m0/s1. The number of hydrogen-bond donors (Lipinski definition) is 3. The highest BCUT2D eigenvalue weighted by Crippen LogP contribution is 2.39. The van der Waals surface area contributed by atoms with Gasteiger partial charge in [0, 0.05) is 67.8 Å². The largest absolute Gasteiger partial charge is 0.369 e. The molecule has 3 aliphatic rings. The number of nitrogens with zero attached hydrogens (tertiary/aromatic N) is 4. The van der Waals surface area contributed by atoms with E-state index in [1.165, 1.54) is 5.69 Å². The number of anilines is 2. The van der Waals surface area contributed by atoms with E-state index in [0.29, 0.717) is 28.2 Å². The van der Waals surface area contributed by atoms with Gasteiger partial charge < -0.3 is 31.1 Å². The minimum absolute atomic E-state index is 0.0517. The summed E-state index contributed by atoms with van der Waals surface area (Å²) >= 11 is 0. The summed E-state index contributed by atoms with van der Waals surface area (Å²) in [6.07, 6.45) is 5.60. The maximum atomic E-state index is 13.3. The van der Waals surface area contributed by atoms with Crippen molar-refractivity contribution in [3.05, 3.63) is 88.1 Å². The number of amides is 3. The molecular formula is C37H47N7O3. The molecule has 2 aromatic carbocycles. The molecule has 2 saturated heterocycles. The Morgan fingerprint density at radius 2 is 1.60 bits per heavy atom. The number of benzene rings is 2. The number of rotatable bonds is 8. The lowest BCUT2D eigenvalue weighted by molar-refractivity contribution is 0.0929. The average molecular weight is 638 g/mol. The third-order valence-corrected chi connectivity index (χ3v) is 10.4. The lowest BCUT2D eigenvalue weighted by Crippen LogP contribution is -2.44. The van der Waals surface area contributed by atoms with E-state index < -0.39 is 5.91 Å². The van der Waals surface area contributed by atoms with Gasteiger partial charge in [-0.25, -0.2) is 4.98 Å². The van der Waals surface area contributed by atoms with Gasteiger partial charge in [-0.3, -0.25) is 14.4 Å². The number of likely N-dealkylation sites (N-methyl/N-ethyl adjacent to an activating group) is 1. The monoisotopic (exact) mass is 637 g/mol. The first kappa shape index (κ1) is 32.5. The summed E-state index contributed by atoms with van der Waals surface area (Å²) in [4.78, 5) is 50.0. The fourth-order valence-electron chi connectivity index (χ4n) is 7.57. The Morgan fingerprint density at radius 1 is 0.894 bits per heavy atom. The zero-order chi connectivity index (χ0) is 33.2. The smallest absolute Gasteiger partial charge is 0.253 e. The maximum absolute atomic E-state index is 13.3. The van der Waals surface area contributed by atoms with Crippen LogP contribution in [0.15, 0.2) is 54.7 Å². The first-order chi connectivity index (χ1) is 22.6. The van der Waals surface area contributed by atoms with Crippen molar-refractivity contribution >= 4 is 29.2 Å². The number of piperidine rings is 1. The number of carbonyl (C=O) groups is 3. The normalized spacial score (nSPS) is 22.0. The highest BCUT2D eigenvalue weighted by atomic mass is 16.2. The zero-order valence-electron chi connectivity index (χ0n) is 28.0. The van der Waals surface area contributed by atoms with Gasteiger partial charge in [0.1, 0.15) is 5.82 Å². The Morgan fingerprint density at radius 3 is 2.28 bits per heavy atom. The lowest BCUT2D eigenvalue weighted by Gasteiger charge is -2.38. The quantitative estimate of drug-likeness (QED) is 0.338. The summed E-state index contributed by atoms with van der Waals surface area (Å²) in [6, 6.07) is 16.0. The number of fused-ring (bicyclic) bond motifs is 1. The van der Waals surface area contributed by atoms with Crippen LogP contribution in [0.1, 0.15) is 86.4 Å². The molecule has 47 heavy (non-hydrogen) atoms. The van der Waals surface area contributed by atoms with Crippen molar-refractivity contribution in [1.82, 2.24) is 20.5 Å². The second-order valence-corrected chi connectivity index (χ2v) is 13.6. The maximum Gasteiger partial charge on any atom is 0.253 e. The van der Waals surface area contributed by atoms with Crippen LogP contribution in [-0.4, -0.2) is 79.5 Å². The molecule has 6 rings (SSSR count). The number of aromatic nitrogens is 1. The Balaban J connectivity index is 1.05. The lowest BCUT2D eigenvalue weighted by atomic mass is 9.92. The molecule has 10 nitrogen and oxygen atoms in total. The van der Waals surface area contributed by atoms with Crippen molar-refractivity contribution in [3.8, 4) is 0 Å². The molecule has 3 unspecified atom stereocenters. The minimum atomic E-state index is -0.489. The van der Waals surface area contributed by atoms with Crippen LogP contribution in [0.2, 0.25) is 0 Å². The molecular weight excluding hydrogens is 590 g/mol. The summed E-state index contributed by atoms with van der Waals surface area (Å²) < 4.78 is 0. The van der Waals surface area contributed by atoms with Crippen molar-refractivity contribution in [1.29, 1.82) is 0 Å². The molecule has 3 heterocycles. The molecule has 3 aromatic rings. The molecule has 1 aliphatic carbocycles. The van der Waals surface area contributed by atoms with Gasteiger partial charge in [-0.2, -0.15) is 0 Å². The van der Waals surface area contributed by atoms with E-state index in [2.05, 4.69) is 56.6 Å². The van der Waals surface area contributed by atoms with Crippen molar-refractivity contribution in [2.45, 2.75) is 64.6 Å². The van der Waals surface area contributed by atoms with Crippen LogP contribution in [0, 0.1) is 19.8 Å². The number of aryl methyl sites for hydroxylation is 2. The Kier molecular flexibility index (Phi) is 9.50. The Hall–Kier alpha value is -4.44. The van der Waals surface area contributed by atoms with Crippen LogP contribution in [-0.2, 0) is 0 Å². The van der Waals surface area contributed by atoms with Crippen LogP contribution in [0.4, 0.5) is 11.5 Å². The van der Waals surface area contributed by atoms with E-state index in [-0.39, 0.29) is 29.9 Å². The Bertz CT molecular complexity index is 1620. The van der Waals surface area contributed by atoms with Gasteiger partial charge in [-0.05, 0) is 113 Å². The summed E-state index contributed by atoms with van der Waals surface area (Å²) in [7, 11) is 2.16. The van der Waals surface area contributed by atoms with Crippen molar-refractivity contribution in [2.75, 3.05) is 49.6 Å². The van der Waals surface area contributed by atoms with Gasteiger partial charge in [-0.15, -0.1) is 0 Å². The predicted molar refractivity (Wildman–Crippen MR) is 185 cm³/mol. The van der Waals surface area contributed by atoms with E-state index in [9.17, 15) is 14.4 Å². The van der Waals surface area contributed by atoms with E-state index in [0.717, 1.165) is 75.4 Å². The number of primary amides is 1. The van der Waals surface area contributed by atoms with E-state index in [4.69, 9.17) is 10.7 Å². The molecule has 3 fully saturated rings. The van der Waals surface area contributed by atoms with Crippen LogP contribution in [0.5, 0.6) is 0 Å². The highest BCUT2D eigenvalue weighted by molar-refractivity contribution is 5.99. The molecule has 4 N–H and O–H groups in total. The van der Waals surface area contributed by atoms with Crippen LogP contribution < -0.4 is 26.2 Å². The van der Waals surface area contributed by atoms with Crippen LogP contribution >= 0.6 is 0 Å². The molecule has 10 heteroatoms. The van der Waals surface area contributed by atoms with Gasteiger partial charge >= 0.3 is 0 Å². The summed E-state index contributed by atoms with van der Waals surface area (Å²) in [5, 5.41) is 6.39. The molecule has 1 saturated carbocycles. The topological polar surface area (TPSA) is 124 Å². The number of carbonyl (C=O) groups excluding carboxylic acids is 3. The number of piperazine rings is 1. The van der Waals surface area contributed by atoms with Crippen molar-refractivity contribution < 1.29 is 14.4 Å². The van der Waals surface area contributed by atoms with E-state index in [1.807, 2.05) is 26.0 Å². The fourth-order valence-corrected chi connectivity index (χ4v) is 7.57. The van der Waals surface area contributed by atoms with Gasteiger partial charge in [0.05, 0.1) is 11.6 Å². The molecule has 248 valence electrons. The molecule has 3 amide bonds. The van der Waals surface area contributed by atoms with Gasteiger partial charge in [0.15, 0.2) is 0 Å². The SMILES string of the molecule is Cc1cc(C(=O)NC2CC3CCCN(c4ccc(C(=O)N[C@@H](C)c5ccc(N6CCN(C)CC6)cc5)cn4)C3C2)c(C)cc1C(N)=O. The van der Waals surface area contributed by atoms with Crippen LogP contribution in [0.25, 0.3) is 0 Å². The first-order valence-corrected chi connectivity index (χ1v) is 16.9. The predicted octanol–water partition coefficient (Wildman–Crippen LogP) is 4.22. The van der Waals surface area contributed by atoms with Gasteiger partial charge in [-0.1, -0.05) is 12.1 Å². The second-order valence-electron chi connectivity index (χ2n) is 13.6. The Labute approximate surface area is 277 Å². The van der Waals surface area contributed by atoms with Crippen molar-refractivity contribution in [3.63, 3.8) is 0 Å². The number of nitrogens with one attached hydrogen (secondary N) is 2. The van der Waals surface area contributed by atoms with Crippen LogP contribution in [0.3, 0.4) is 0 Å². The van der Waals surface area contributed by atoms with E-state index in [1.54, 1.807) is 25.3 Å². The van der Waals surface area contributed by atoms with Gasteiger partial charge in [0.25, 0.3) is 11.8 Å². The fraction of sp³-hybridized carbons (Fsp3) is 0.459. The third kappa shape index (κ3) is 7.12. The minimum Gasteiger partial charge on any atom is -0.369 e. The number of nitrogens with two attached hydrogens (primary N) is 1. The molecule has 0 radical (unpaired) electrons. The zero-order valence-corrected chi connectivity index (χ0v) is 28.0. The average Bonchev–Trinajstić information content (AvgIpc) is 3.48. The highest BCUT2D eigenvalue weighted by Gasteiger charge is 2.41. The second kappa shape index (κ2) is 13.7. The molecule has 1 aromatic heterocycles. The summed E-state index contributed by atoms with van der Waals surface area (Å²) in [6.45, 7) is 10.7. The number of hydrogen-bond acceptors (Lipinski definition) is 7. The number of pyridine rings is 1. The summed E-state index contributed by atoms with van der Waals surface area (Å²) in [5.41, 5.74) is 10.8.